The van der Waals surface area contributed by atoms with Crippen LogP contribution >= 0.6 is 0 Å². The Hall–Kier alpha value is -2.02. The molecule has 17 heavy (non-hydrogen) atoms. The maximum Gasteiger partial charge on any atom is 0.237 e. The van der Waals surface area contributed by atoms with E-state index in [9.17, 15) is 4.79 Å². The van der Waals surface area contributed by atoms with Crippen LogP contribution in [0.1, 0.15) is 13.8 Å². The van der Waals surface area contributed by atoms with Gasteiger partial charge >= 0.3 is 0 Å². The zero-order valence-corrected chi connectivity index (χ0v) is 9.84. The Morgan fingerprint density at radius 1 is 1.59 bits per heavy atom. The number of Topliss-reactive ketones (excluding diaryl/α,β-unsaturated/α-hetero) is 1. The van der Waals surface area contributed by atoms with Crippen LogP contribution in [0.15, 0.2) is 26.8 Å². The molecular formula is C10H13N5O2. The Morgan fingerprint density at radius 3 is 2.88 bits per heavy atom. The Morgan fingerprint density at radius 2 is 2.29 bits per heavy atom. The maximum absolute atomic E-state index is 11.4. The summed E-state index contributed by atoms with van der Waals surface area (Å²) < 4.78 is 5.05. The summed E-state index contributed by atoms with van der Waals surface area (Å²) in [5, 5.41) is 0. The highest BCUT2D eigenvalue weighted by Gasteiger charge is 2.28. The van der Waals surface area contributed by atoms with Crippen molar-refractivity contribution >= 4 is 24.0 Å². The third-order valence-corrected chi connectivity index (χ3v) is 2.27. The topological polar surface area (TPSA) is 92.6 Å². The molecule has 2 aliphatic heterocycles. The summed E-state index contributed by atoms with van der Waals surface area (Å²) in [6.07, 6.45) is 3.06. The van der Waals surface area contributed by atoms with Gasteiger partial charge in [0.1, 0.15) is 6.34 Å². The van der Waals surface area contributed by atoms with Gasteiger partial charge in [0.2, 0.25) is 17.6 Å². The van der Waals surface area contributed by atoms with Gasteiger partial charge in [-0.25, -0.2) is 9.98 Å². The van der Waals surface area contributed by atoms with Crippen molar-refractivity contribution in [3.63, 3.8) is 0 Å². The van der Waals surface area contributed by atoms with Crippen LogP contribution in [0.5, 0.6) is 0 Å². The van der Waals surface area contributed by atoms with Gasteiger partial charge < -0.3 is 4.74 Å². The molecule has 1 atom stereocenters. The first kappa shape index (κ1) is 11.5. The van der Waals surface area contributed by atoms with E-state index in [2.05, 4.69) is 15.0 Å². The van der Waals surface area contributed by atoms with Crippen molar-refractivity contribution in [3.8, 4) is 0 Å². The Kier molecular flexibility index (Phi) is 2.55. The molecule has 7 nitrogen and oxygen atoms in total. The smallest absolute Gasteiger partial charge is 0.237 e. The average Bonchev–Trinajstić information content (AvgIpc) is 2.25. The van der Waals surface area contributed by atoms with Gasteiger partial charge in [-0.3, -0.25) is 15.4 Å². The number of nitrogens with zero attached hydrogens (tertiary/aromatic N) is 4. The van der Waals surface area contributed by atoms with Crippen molar-refractivity contribution in [2.75, 3.05) is 7.11 Å². The molecular weight excluding hydrogens is 222 g/mol. The summed E-state index contributed by atoms with van der Waals surface area (Å²) in [5.74, 6) is -0.583. The number of hydrogen-bond acceptors (Lipinski definition) is 7. The first-order chi connectivity index (χ1) is 7.93. The third kappa shape index (κ3) is 2.09. The lowest BCUT2D eigenvalue weighted by Crippen LogP contribution is -2.43. The molecule has 90 valence electrons. The zero-order valence-electron chi connectivity index (χ0n) is 9.84. The van der Waals surface area contributed by atoms with E-state index >= 15 is 0 Å². The molecule has 0 aliphatic carbocycles. The molecule has 0 fully saturated rings. The molecule has 7 heteroatoms. The van der Waals surface area contributed by atoms with E-state index in [0.29, 0.717) is 11.5 Å². The van der Waals surface area contributed by atoms with Gasteiger partial charge in [-0.1, -0.05) is 0 Å². The highest BCUT2D eigenvalue weighted by atomic mass is 16.5. The van der Waals surface area contributed by atoms with E-state index in [1.54, 1.807) is 13.1 Å². The molecule has 0 saturated carbocycles. The molecule has 0 saturated heterocycles. The summed E-state index contributed by atoms with van der Waals surface area (Å²) >= 11 is 0. The fourth-order valence-electron chi connectivity index (χ4n) is 1.44. The predicted octanol–water partition coefficient (Wildman–Crippen LogP) is -0.150. The monoisotopic (exact) mass is 235 g/mol. The van der Waals surface area contributed by atoms with E-state index < -0.39 is 5.79 Å². The lowest BCUT2D eigenvalue weighted by molar-refractivity contribution is -0.113. The highest BCUT2D eigenvalue weighted by molar-refractivity contribution is 6.23. The van der Waals surface area contributed by atoms with Gasteiger partial charge in [0, 0.05) is 6.20 Å². The first-order valence-corrected chi connectivity index (χ1v) is 5.01. The van der Waals surface area contributed by atoms with Gasteiger partial charge in [-0.2, -0.15) is 4.99 Å². The average molecular weight is 235 g/mol. The van der Waals surface area contributed by atoms with Crippen LogP contribution in [0.25, 0.3) is 0 Å². The van der Waals surface area contributed by atoms with Crippen LogP contribution in [0.2, 0.25) is 0 Å². The third-order valence-electron chi connectivity index (χ3n) is 2.27. The largest absolute Gasteiger partial charge is 0.480 e. The first-order valence-electron chi connectivity index (χ1n) is 5.01. The lowest BCUT2D eigenvalue weighted by Gasteiger charge is -2.28. The van der Waals surface area contributed by atoms with E-state index in [1.807, 2.05) is 0 Å². The van der Waals surface area contributed by atoms with Crippen molar-refractivity contribution in [2.24, 2.45) is 20.7 Å². The number of methoxy groups -OCH3 is 1. The van der Waals surface area contributed by atoms with E-state index in [4.69, 9.17) is 10.5 Å². The number of rotatable bonds is 1. The minimum Gasteiger partial charge on any atom is -0.480 e. The maximum atomic E-state index is 11.4. The number of nitrogens with two attached hydrogens (primary N) is 1. The fourth-order valence-corrected chi connectivity index (χ4v) is 1.44. The quantitative estimate of drug-likeness (QED) is 0.684. The normalized spacial score (nSPS) is 26.8. The molecule has 1 unspecified atom stereocenters. The second-order valence-electron chi connectivity index (χ2n) is 3.88. The summed E-state index contributed by atoms with van der Waals surface area (Å²) in [5.41, 5.74) is 6.13. The number of guanidine groups is 1. The number of ketones is 1. The molecule has 2 heterocycles. The highest BCUT2D eigenvalue weighted by Crippen LogP contribution is 2.17. The van der Waals surface area contributed by atoms with Crippen LogP contribution in [0.4, 0.5) is 0 Å². The molecule has 0 radical (unpaired) electrons. The molecule has 0 aromatic rings. The van der Waals surface area contributed by atoms with Crippen molar-refractivity contribution < 1.29 is 9.53 Å². The number of hydrogen-bond donors (Lipinski definition) is 1. The Bertz CT molecular complexity index is 487. The van der Waals surface area contributed by atoms with Crippen molar-refractivity contribution in [2.45, 2.75) is 19.6 Å². The number of carbonyl (C=O) groups is 1. The van der Waals surface area contributed by atoms with Crippen LogP contribution in [-0.2, 0) is 9.53 Å². The van der Waals surface area contributed by atoms with Gasteiger partial charge in [0.05, 0.1) is 12.7 Å². The van der Waals surface area contributed by atoms with Crippen molar-refractivity contribution in [1.29, 1.82) is 0 Å². The number of ether oxygens (including phenoxy) is 1. The molecule has 0 amide bonds. The molecule has 0 spiro atoms. The van der Waals surface area contributed by atoms with E-state index in [1.165, 1.54) is 25.3 Å². The SMILES string of the molecule is COC1=NC2=NC(C)(N)N=CN2C=C1C(C)=O. The van der Waals surface area contributed by atoms with Crippen LogP contribution in [0.3, 0.4) is 0 Å². The summed E-state index contributed by atoms with van der Waals surface area (Å²) in [7, 11) is 1.45. The van der Waals surface area contributed by atoms with Crippen molar-refractivity contribution in [1.82, 2.24) is 4.90 Å². The van der Waals surface area contributed by atoms with Crippen LogP contribution in [-0.4, -0.2) is 41.8 Å². The van der Waals surface area contributed by atoms with Crippen LogP contribution in [0, 0.1) is 0 Å². The number of carbonyl (C=O) groups excluding carboxylic acids is 1. The molecule has 2 N–H and O–H groups in total. The fraction of sp³-hybridized carbons (Fsp3) is 0.400. The van der Waals surface area contributed by atoms with Crippen molar-refractivity contribution in [3.05, 3.63) is 11.8 Å². The van der Waals surface area contributed by atoms with Gasteiger partial charge in [0.15, 0.2) is 5.78 Å². The van der Waals surface area contributed by atoms with Crippen LogP contribution < -0.4 is 5.73 Å². The zero-order chi connectivity index (χ0) is 12.6. The molecule has 0 aromatic carbocycles. The minimum atomic E-state index is -1.03. The predicted molar refractivity (Wildman–Crippen MR) is 63.6 cm³/mol. The second kappa shape index (κ2) is 3.77. The molecule has 0 aromatic heterocycles. The summed E-state index contributed by atoms with van der Waals surface area (Å²) in [6.45, 7) is 3.09. The van der Waals surface area contributed by atoms with E-state index in [-0.39, 0.29) is 11.7 Å². The van der Waals surface area contributed by atoms with Gasteiger partial charge in [-0.05, 0) is 13.8 Å². The van der Waals surface area contributed by atoms with Gasteiger partial charge in [-0.15, -0.1) is 0 Å². The van der Waals surface area contributed by atoms with E-state index in [0.717, 1.165) is 0 Å². The van der Waals surface area contributed by atoms with Gasteiger partial charge in [0.25, 0.3) is 0 Å². The second-order valence-corrected chi connectivity index (χ2v) is 3.88. The summed E-state index contributed by atoms with van der Waals surface area (Å²) in [4.78, 5) is 25.2. The number of aliphatic imine (C=N–C) groups is 3. The molecule has 2 aliphatic rings. The molecule has 0 bridgehead atoms. The Labute approximate surface area is 98.4 Å². The summed E-state index contributed by atoms with van der Waals surface area (Å²) in [6, 6.07) is 0. The Balaban J connectivity index is 2.44. The molecule has 2 rings (SSSR count). The minimum absolute atomic E-state index is 0.140. The lowest BCUT2D eigenvalue weighted by atomic mass is 10.2. The number of fused-ring (bicyclic) bond motifs is 1. The standard InChI is InChI=1S/C10H13N5O2/c1-6(16)7-4-15-5-12-10(2,11)14-9(15)13-8(7)17-3/h4-5H,11H2,1-3H3.